The lowest BCUT2D eigenvalue weighted by atomic mass is 9.96. The Hall–Kier alpha value is -2.72. The Morgan fingerprint density at radius 2 is 1.50 bits per heavy atom. The van der Waals surface area contributed by atoms with Crippen molar-refractivity contribution in [2.75, 3.05) is 14.2 Å². The fourth-order valence-corrected chi connectivity index (χ4v) is 2.74. The van der Waals surface area contributed by atoms with Gasteiger partial charge in [0.25, 0.3) is 0 Å². The normalized spacial score (nSPS) is 10.1. The Labute approximate surface area is 195 Å². The first-order valence-electron chi connectivity index (χ1n) is 11.2. The van der Waals surface area contributed by atoms with E-state index in [0.29, 0.717) is 0 Å². The molecular weight excluding hydrogens is 398 g/mol. The number of aliphatic hydroxyl groups is 1. The minimum absolute atomic E-state index is 0.102. The van der Waals surface area contributed by atoms with Crippen molar-refractivity contribution in [3.8, 4) is 11.1 Å². The molecule has 178 valence electrons. The fourth-order valence-electron chi connectivity index (χ4n) is 2.74. The van der Waals surface area contributed by atoms with E-state index in [0.717, 1.165) is 19.1 Å². The zero-order chi connectivity index (χ0) is 25.3. The van der Waals surface area contributed by atoms with E-state index in [9.17, 15) is 9.59 Å². The first kappa shape index (κ1) is 31.5. The van der Waals surface area contributed by atoms with Gasteiger partial charge in [-0.3, -0.25) is 9.59 Å². The smallest absolute Gasteiger partial charge is 0.230 e. The van der Waals surface area contributed by atoms with Crippen LogP contribution in [0.15, 0.2) is 49.0 Å². The summed E-state index contributed by atoms with van der Waals surface area (Å²) in [5.74, 6) is -0.827. The lowest BCUT2D eigenvalue weighted by molar-refractivity contribution is -0.131. The molecule has 2 aromatic rings. The van der Waals surface area contributed by atoms with Gasteiger partial charge in [-0.15, -0.1) is 0 Å². The van der Waals surface area contributed by atoms with Crippen LogP contribution in [0.25, 0.3) is 16.7 Å². The molecule has 1 amide bonds. The summed E-state index contributed by atoms with van der Waals surface area (Å²) in [7, 11) is 2.52. The van der Waals surface area contributed by atoms with E-state index in [1.54, 1.807) is 6.92 Å². The van der Waals surface area contributed by atoms with Gasteiger partial charge < -0.3 is 10.4 Å². The van der Waals surface area contributed by atoms with E-state index < -0.39 is 5.92 Å². The summed E-state index contributed by atoms with van der Waals surface area (Å²) in [5.41, 5.74) is 7.77. The standard InChI is InChI=1S/C19H22.C6H11NO2.C2H6.CH4O/c1-5-6-18-13-19(8-7-15(18)4)17-11-9-16(10-12-17)14(2)3;1-4(5(2)8)6(9)7-3;2*1-2/h7-13H,2,5-6H2,1,3-4H3;4H,1-3H3,(H,7,9);1-2H3;2H,1H3. The van der Waals surface area contributed by atoms with Crippen LogP contribution in [0.1, 0.15) is 64.7 Å². The second-order valence-corrected chi connectivity index (χ2v) is 7.20. The van der Waals surface area contributed by atoms with Crippen molar-refractivity contribution in [2.45, 2.75) is 61.3 Å². The third-order valence-electron chi connectivity index (χ3n) is 4.83. The minimum Gasteiger partial charge on any atom is -0.400 e. The van der Waals surface area contributed by atoms with E-state index in [2.05, 4.69) is 68.2 Å². The number of aliphatic hydroxyl groups excluding tert-OH is 1. The van der Waals surface area contributed by atoms with Crippen molar-refractivity contribution in [2.24, 2.45) is 5.92 Å². The van der Waals surface area contributed by atoms with Crippen LogP contribution in [0.2, 0.25) is 0 Å². The maximum absolute atomic E-state index is 10.6. The van der Waals surface area contributed by atoms with E-state index in [-0.39, 0.29) is 11.7 Å². The second-order valence-electron chi connectivity index (χ2n) is 7.20. The van der Waals surface area contributed by atoms with Crippen LogP contribution < -0.4 is 5.32 Å². The maximum Gasteiger partial charge on any atom is 0.230 e. The molecule has 1 unspecified atom stereocenters. The molecule has 0 radical (unpaired) electrons. The second kappa shape index (κ2) is 17.9. The lowest BCUT2D eigenvalue weighted by Crippen LogP contribution is -2.29. The third kappa shape index (κ3) is 11.1. The molecule has 0 aromatic heterocycles. The summed E-state index contributed by atoms with van der Waals surface area (Å²) in [6, 6.07) is 15.4. The zero-order valence-corrected chi connectivity index (χ0v) is 21.5. The van der Waals surface area contributed by atoms with Gasteiger partial charge in [-0.1, -0.05) is 81.8 Å². The molecular formula is C28H43NO3. The average molecular weight is 442 g/mol. The number of amides is 1. The average Bonchev–Trinajstić information content (AvgIpc) is 2.82. The van der Waals surface area contributed by atoms with Gasteiger partial charge in [0, 0.05) is 14.2 Å². The fraction of sp³-hybridized carbons (Fsp3) is 0.429. The molecule has 2 N–H and O–H groups in total. The number of ketones is 1. The zero-order valence-electron chi connectivity index (χ0n) is 21.5. The molecule has 2 aromatic carbocycles. The monoisotopic (exact) mass is 441 g/mol. The topological polar surface area (TPSA) is 66.4 Å². The molecule has 0 aliphatic carbocycles. The molecule has 4 heteroatoms. The number of allylic oxidation sites excluding steroid dienone is 1. The predicted molar refractivity (Wildman–Crippen MR) is 139 cm³/mol. The third-order valence-corrected chi connectivity index (χ3v) is 4.83. The first-order chi connectivity index (χ1) is 15.2. The quantitative estimate of drug-likeness (QED) is 0.521. The summed E-state index contributed by atoms with van der Waals surface area (Å²) in [4.78, 5) is 21.1. The number of Topliss-reactive ketones (excluding diaryl/α,β-unsaturated/α-hetero) is 1. The number of benzene rings is 2. The van der Waals surface area contributed by atoms with Crippen LogP contribution >= 0.6 is 0 Å². The Morgan fingerprint density at radius 3 is 1.88 bits per heavy atom. The number of hydrogen-bond acceptors (Lipinski definition) is 3. The summed E-state index contributed by atoms with van der Waals surface area (Å²) in [5, 5.41) is 9.39. The Bertz CT molecular complexity index is 823. The van der Waals surface area contributed by atoms with Gasteiger partial charge in [0.05, 0.1) is 5.92 Å². The number of nitrogens with one attached hydrogen (secondary N) is 1. The molecule has 0 saturated carbocycles. The molecule has 0 aliphatic rings. The molecule has 0 heterocycles. The van der Waals surface area contributed by atoms with Gasteiger partial charge in [-0.2, -0.15) is 0 Å². The van der Waals surface area contributed by atoms with E-state index >= 15 is 0 Å². The summed E-state index contributed by atoms with van der Waals surface area (Å²) in [6.45, 7) is 17.4. The molecule has 32 heavy (non-hydrogen) atoms. The number of carbonyl (C=O) groups excluding carboxylic acids is 2. The van der Waals surface area contributed by atoms with E-state index in [4.69, 9.17) is 5.11 Å². The highest BCUT2D eigenvalue weighted by molar-refractivity contribution is 5.99. The highest BCUT2D eigenvalue weighted by Gasteiger charge is 2.14. The first-order valence-corrected chi connectivity index (χ1v) is 11.2. The van der Waals surface area contributed by atoms with Crippen LogP contribution in [-0.2, 0) is 16.0 Å². The van der Waals surface area contributed by atoms with Gasteiger partial charge >= 0.3 is 0 Å². The Kier molecular flexibility index (Phi) is 17.6. The van der Waals surface area contributed by atoms with E-state index in [1.165, 1.54) is 48.2 Å². The van der Waals surface area contributed by atoms with Crippen LogP contribution in [0.3, 0.4) is 0 Å². The van der Waals surface area contributed by atoms with Gasteiger partial charge in [0.15, 0.2) is 0 Å². The van der Waals surface area contributed by atoms with Gasteiger partial charge in [-0.05, 0) is 61.9 Å². The number of rotatable bonds is 6. The maximum atomic E-state index is 10.6. The van der Waals surface area contributed by atoms with Crippen LogP contribution in [0, 0.1) is 12.8 Å². The molecule has 4 nitrogen and oxygen atoms in total. The Balaban J connectivity index is 0. The largest absolute Gasteiger partial charge is 0.400 e. The summed E-state index contributed by atoms with van der Waals surface area (Å²) in [6.07, 6.45) is 2.35. The van der Waals surface area contributed by atoms with Crippen LogP contribution in [-0.4, -0.2) is 31.0 Å². The van der Waals surface area contributed by atoms with E-state index in [1.807, 2.05) is 20.8 Å². The number of aryl methyl sites for hydroxylation is 2. The van der Waals surface area contributed by atoms with Crippen molar-refractivity contribution in [3.05, 3.63) is 65.7 Å². The molecule has 1 atom stereocenters. The van der Waals surface area contributed by atoms with Crippen LogP contribution in [0.4, 0.5) is 0 Å². The minimum atomic E-state index is -0.505. The molecule has 0 aliphatic heterocycles. The van der Waals surface area contributed by atoms with Crippen molar-refractivity contribution < 1.29 is 14.7 Å². The summed E-state index contributed by atoms with van der Waals surface area (Å²) < 4.78 is 0. The molecule has 0 fully saturated rings. The highest BCUT2D eigenvalue weighted by Crippen LogP contribution is 2.25. The molecule has 0 spiro atoms. The van der Waals surface area contributed by atoms with Crippen molar-refractivity contribution >= 4 is 17.3 Å². The number of carbonyl (C=O) groups is 2. The van der Waals surface area contributed by atoms with Gasteiger partial charge in [-0.25, -0.2) is 0 Å². The molecule has 0 bridgehead atoms. The SMILES string of the molecule is C=C(C)c1ccc(-c2ccc(C)c(CCC)c2)cc1.CC.CNC(=O)C(C)C(C)=O.CO. The van der Waals surface area contributed by atoms with Gasteiger partial charge in [0.2, 0.25) is 5.91 Å². The Morgan fingerprint density at radius 1 is 1.00 bits per heavy atom. The lowest BCUT2D eigenvalue weighted by Gasteiger charge is -2.09. The highest BCUT2D eigenvalue weighted by atomic mass is 16.2. The van der Waals surface area contributed by atoms with Crippen molar-refractivity contribution in [1.82, 2.24) is 5.32 Å². The van der Waals surface area contributed by atoms with Crippen molar-refractivity contribution in [3.63, 3.8) is 0 Å². The molecule has 0 saturated heterocycles. The summed E-state index contributed by atoms with van der Waals surface area (Å²) >= 11 is 0. The van der Waals surface area contributed by atoms with Crippen LogP contribution in [0.5, 0.6) is 0 Å². The predicted octanol–water partition coefficient (Wildman–Crippen LogP) is 6.24. The van der Waals surface area contributed by atoms with Gasteiger partial charge in [0.1, 0.15) is 5.78 Å². The number of hydrogen-bond donors (Lipinski definition) is 2. The van der Waals surface area contributed by atoms with Crippen molar-refractivity contribution in [1.29, 1.82) is 0 Å². The molecule has 2 rings (SSSR count).